The summed E-state index contributed by atoms with van der Waals surface area (Å²) in [6, 6.07) is 8.08. The number of ether oxygens (including phenoxy) is 2. The molecule has 1 N–H and O–H groups in total. The van der Waals surface area contributed by atoms with Gasteiger partial charge in [-0.1, -0.05) is 17.3 Å². The number of nitrogens with zero attached hydrogens (tertiary/aromatic N) is 6. The number of carbonyl (C=O) groups excluding carboxylic acids is 1. The van der Waals surface area contributed by atoms with Gasteiger partial charge in [0.2, 0.25) is 0 Å². The Hall–Kier alpha value is -3.37. The van der Waals surface area contributed by atoms with Crippen molar-refractivity contribution in [3.05, 3.63) is 65.5 Å². The molecule has 33 heavy (non-hydrogen) atoms. The first kappa shape index (κ1) is 21.5. The number of piperidine rings is 1. The van der Waals surface area contributed by atoms with Gasteiger partial charge in [0, 0.05) is 38.1 Å². The highest BCUT2D eigenvalue weighted by Gasteiger charge is 2.27. The predicted octanol–water partition coefficient (Wildman–Crippen LogP) is 1.74. The maximum Gasteiger partial charge on any atom is 0.271 e. The molecular formula is C23H27N7O3. The first-order valence-corrected chi connectivity index (χ1v) is 11.2. The highest BCUT2D eigenvalue weighted by atomic mass is 16.5. The van der Waals surface area contributed by atoms with Gasteiger partial charge >= 0.3 is 0 Å². The minimum atomic E-state index is -0.169. The molecule has 10 nitrogen and oxygen atoms in total. The number of methoxy groups -OCH3 is 1. The number of likely N-dealkylation sites (tertiary alicyclic amines) is 1. The van der Waals surface area contributed by atoms with E-state index in [9.17, 15) is 4.79 Å². The van der Waals surface area contributed by atoms with Crippen molar-refractivity contribution in [2.24, 2.45) is 0 Å². The number of aromatic nitrogens is 5. The van der Waals surface area contributed by atoms with E-state index in [1.54, 1.807) is 13.3 Å². The van der Waals surface area contributed by atoms with Crippen LogP contribution in [0.2, 0.25) is 0 Å². The van der Waals surface area contributed by atoms with Crippen LogP contribution in [0.1, 0.15) is 46.4 Å². The Bertz CT molecular complexity index is 1080. The van der Waals surface area contributed by atoms with Crippen LogP contribution in [0.5, 0.6) is 5.75 Å². The Balaban J connectivity index is 1.14. The third kappa shape index (κ3) is 4.86. The quantitative estimate of drug-likeness (QED) is 0.607. The Kier molecular flexibility index (Phi) is 6.27. The number of rotatable bonds is 6. The van der Waals surface area contributed by atoms with E-state index in [1.165, 1.54) is 12.4 Å². The van der Waals surface area contributed by atoms with Gasteiger partial charge in [0.15, 0.2) is 0 Å². The first-order valence-electron chi connectivity index (χ1n) is 11.2. The third-order valence-corrected chi connectivity index (χ3v) is 6.26. The summed E-state index contributed by atoms with van der Waals surface area (Å²) >= 11 is 0. The molecule has 0 aliphatic carbocycles. The van der Waals surface area contributed by atoms with Gasteiger partial charge in [-0.25, -0.2) is 9.67 Å². The second-order valence-electron chi connectivity index (χ2n) is 8.35. The van der Waals surface area contributed by atoms with Crippen molar-refractivity contribution in [3.63, 3.8) is 0 Å². The molecule has 0 bridgehead atoms. The van der Waals surface area contributed by atoms with Crippen LogP contribution in [0.25, 0.3) is 0 Å². The number of carbonyl (C=O) groups is 1. The maximum atomic E-state index is 12.3. The number of hydrogen-bond acceptors (Lipinski definition) is 8. The van der Waals surface area contributed by atoms with Gasteiger partial charge < -0.3 is 14.8 Å². The Morgan fingerprint density at radius 2 is 2.03 bits per heavy atom. The molecule has 1 unspecified atom stereocenters. The van der Waals surface area contributed by atoms with E-state index in [2.05, 4.69) is 30.5 Å². The molecule has 2 aliphatic rings. The van der Waals surface area contributed by atoms with Crippen LogP contribution >= 0.6 is 0 Å². The van der Waals surface area contributed by atoms with Crippen LogP contribution in [0.15, 0.2) is 42.9 Å². The number of hydrogen-bond donors (Lipinski definition) is 1. The molecule has 1 amide bonds. The van der Waals surface area contributed by atoms with Crippen LogP contribution in [-0.4, -0.2) is 62.0 Å². The normalized spacial score (nSPS) is 19.1. The first-order chi connectivity index (χ1) is 16.2. The van der Waals surface area contributed by atoms with E-state index in [4.69, 9.17) is 9.47 Å². The van der Waals surface area contributed by atoms with E-state index in [0.717, 1.165) is 55.2 Å². The standard InChI is InChI=1S/C23H27N7O3/c1-32-18-4-2-16(3-5-18)22-14-30-21(15-33-22)20(27-28-30)13-29-10-6-17(7-11-29)26-23(31)19-12-24-8-9-25-19/h2-5,8-9,12,17,22H,6-7,10-11,13-15H2,1H3,(H,26,31). The fourth-order valence-electron chi connectivity index (χ4n) is 4.33. The van der Waals surface area contributed by atoms with Crippen molar-refractivity contribution in [2.45, 2.75) is 44.7 Å². The molecule has 1 aromatic carbocycles. The minimum Gasteiger partial charge on any atom is -0.497 e. The summed E-state index contributed by atoms with van der Waals surface area (Å²) in [7, 11) is 1.66. The van der Waals surface area contributed by atoms with Crippen LogP contribution in [0, 0.1) is 0 Å². The molecule has 4 heterocycles. The zero-order chi connectivity index (χ0) is 22.6. The second kappa shape index (κ2) is 9.63. The Morgan fingerprint density at radius 3 is 2.76 bits per heavy atom. The predicted molar refractivity (Wildman–Crippen MR) is 118 cm³/mol. The van der Waals surface area contributed by atoms with Crippen molar-refractivity contribution >= 4 is 5.91 Å². The van der Waals surface area contributed by atoms with E-state index in [0.29, 0.717) is 18.8 Å². The molecule has 0 radical (unpaired) electrons. The van der Waals surface area contributed by atoms with Gasteiger partial charge in [-0.15, -0.1) is 5.10 Å². The molecule has 172 valence electrons. The number of nitrogens with one attached hydrogen (secondary N) is 1. The van der Waals surface area contributed by atoms with Gasteiger partial charge in [-0.2, -0.15) is 0 Å². The maximum absolute atomic E-state index is 12.3. The van der Waals surface area contributed by atoms with Crippen molar-refractivity contribution in [2.75, 3.05) is 20.2 Å². The molecular weight excluding hydrogens is 422 g/mol. The fraction of sp³-hybridized carbons (Fsp3) is 0.435. The minimum absolute atomic E-state index is 0.0494. The second-order valence-corrected chi connectivity index (χ2v) is 8.35. The lowest BCUT2D eigenvalue weighted by molar-refractivity contribution is -0.00218. The van der Waals surface area contributed by atoms with Crippen LogP contribution in [-0.2, 0) is 24.4 Å². The van der Waals surface area contributed by atoms with Crippen molar-refractivity contribution in [1.29, 1.82) is 0 Å². The number of fused-ring (bicyclic) bond motifs is 1. The summed E-state index contributed by atoms with van der Waals surface area (Å²) in [4.78, 5) is 22.7. The summed E-state index contributed by atoms with van der Waals surface area (Å²) in [6.45, 7) is 3.63. The Labute approximate surface area is 191 Å². The topological polar surface area (TPSA) is 107 Å². The zero-order valence-corrected chi connectivity index (χ0v) is 18.6. The van der Waals surface area contributed by atoms with Crippen molar-refractivity contribution in [3.8, 4) is 5.75 Å². The summed E-state index contributed by atoms with van der Waals surface area (Å²) < 4.78 is 13.3. The van der Waals surface area contributed by atoms with E-state index in [-0.39, 0.29) is 18.1 Å². The highest BCUT2D eigenvalue weighted by molar-refractivity contribution is 5.92. The molecule has 5 rings (SSSR count). The molecule has 0 spiro atoms. The molecule has 3 aromatic rings. The van der Waals surface area contributed by atoms with E-state index >= 15 is 0 Å². The van der Waals surface area contributed by atoms with Gasteiger partial charge in [0.25, 0.3) is 5.91 Å². The van der Waals surface area contributed by atoms with Crippen LogP contribution < -0.4 is 10.1 Å². The Morgan fingerprint density at radius 1 is 1.21 bits per heavy atom. The molecule has 1 fully saturated rings. The van der Waals surface area contributed by atoms with Gasteiger partial charge in [0.1, 0.15) is 23.2 Å². The average molecular weight is 450 g/mol. The van der Waals surface area contributed by atoms with E-state index in [1.807, 2.05) is 28.9 Å². The smallest absolute Gasteiger partial charge is 0.271 e. The number of benzene rings is 1. The van der Waals surface area contributed by atoms with Gasteiger partial charge in [-0.05, 0) is 30.5 Å². The van der Waals surface area contributed by atoms with Crippen molar-refractivity contribution in [1.82, 2.24) is 35.2 Å². The third-order valence-electron chi connectivity index (χ3n) is 6.26. The van der Waals surface area contributed by atoms with Gasteiger partial charge in [0.05, 0.1) is 32.2 Å². The summed E-state index contributed by atoms with van der Waals surface area (Å²) in [5.41, 5.74) is 3.45. The average Bonchev–Trinajstić information content (AvgIpc) is 3.27. The van der Waals surface area contributed by atoms with Gasteiger partial charge in [-0.3, -0.25) is 14.7 Å². The largest absolute Gasteiger partial charge is 0.497 e. The highest BCUT2D eigenvalue weighted by Crippen LogP contribution is 2.28. The molecule has 0 saturated carbocycles. The fourth-order valence-corrected chi connectivity index (χ4v) is 4.33. The molecule has 2 aromatic heterocycles. The monoisotopic (exact) mass is 449 g/mol. The van der Waals surface area contributed by atoms with Crippen molar-refractivity contribution < 1.29 is 14.3 Å². The number of amides is 1. The SMILES string of the molecule is COc1ccc(C2Cn3nnc(CN4CCC(NC(=O)c5cnccn5)CC4)c3CO2)cc1. The molecule has 2 aliphatic heterocycles. The van der Waals surface area contributed by atoms with Crippen LogP contribution in [0.4, 0.5) is 0 Å². The molecule has 1 atom stereocenters. The summed E-state index contributed by atoms with van der Waals surface area (Å²) in [5.74, 6) is 0.660. The summed E-state index contributed by atoms with van der Waals surface area (Å²) in [6.07, 6.45) is 6.28. The zero-order valence-electron chi connectivity index (χ0n) is 18.6. The lowest BCUT2D eigenvalue weighted by Gasteiger charge is -2.32. The lowest BCUT2D eigenvalue weighted by atomic mass is 10.0. The summed E-state index contributed by atoms with van der Waals surface area (Å²) in [5, 5.41) is 11.9. The lowest BCUT2D eigenvalue weighted by Crippen LogP contribution is -2.44. The molecule has 10 heteroatoms. The van der Waals surface area contributed by atoms with E-state index < -0.39 is 0 Å². The van der Waals surface area contributed by atoms with Crippen LogP contribution in [0.3, 0.4) is 0 Å². The molecule has 1 saturated heterocycles.